The summed E-state index contributed by atoms with van der Waals surface area (Å²) in [4.78, 5) is 0. The molecule has 100 valence electrons. The zero-order valence-corrected chi connectivity index (χ0v) is 12.1. The minimum Gasteiger partial charge on any atom is -0.324 e. The van der Waals surface area contributed by atoms with E-state index in [-0.39, 0.29) is 6.04 Å². The molecule has 1 nitrogen and oxygen atoms in total. The molecule has 0 saturated carbocycles. The van der Waals surface area contributed by atoms with Crippen molar-refractivity contribution in [3.63, 3.8) is 0 Å². The Bertz CT molecular complexity index is 757. The third-order valence-electron chi connectivity index (χ3n) is 3.59. The standard InChI is InChI=1S/C18H16ClN/c1-12(20)15-10-9-14(11-18(15)19)17-8-4-6-13-5-2-3-7-16(13)17/h2-12H,20H2,1H3. The lowest BCUT2D eigenvalue weighted by molar-refractivity contribution is 0.819. The molecule has 3 rings (SSSR count). The average Bonchev–Trinajstić information content (AvgIpc) is 2.46. The molecule has 2 heteroatoms. The van der Waals surface area contributed by atoms with E-state index in [4.69, 9.17) is 17.3 Å². The van der Waals surface area contributed by atoms with Crippen molar-refractivity contribution in [2.24, 2.45) is 5.73 Å². The molecule has 0 heterocycles. The van der Waals surface area contributed by atoms with Crippen molar-refractivity contribution in [2.75, 3.05) is 0 Å². The summed E-state index contributed by atoms with van der Waals surface area (Å²) in [5, 5.41) is 3.20. The second-order valence-electron chi connectivity index (χ2n) is 5.05. The first kappa shape index (κ1) is 13.2. The zero-order chi connectivity index (χ0) is 14.1. The van der Waals surface area contributed by atoms with Crippen LogP contribution in [0, 0.1) is 0 Å². The van der Waals surface area contributed by atoms with Crippen LogP contribution in [0.1, 0.15) is 18.5 Å². The van der Waals surface area contributed by atoms with Crippen LogP contribution in [0.25, 0.3) is 21.9 Å². The summed E-state index contributed by atoms with van der Waals surface area (Å²) in [7, 11) is 0. The Labute approximate surface area is 124 Å². The predicted octanol–water partition coefficient (Wildman–Crippen LogP) is 5.18. The lowest BCUT2D eigenvalue weighted by atomic mass is 9.96. The smallest absolute Gasteiger partial charge is 0.0459 e. The fourth-order valence-corrected chi connectivity index (χ4v) is 2.89. The van der Waals surface area contributed by atoms with Crippen molar-refractivity contribution in [3.05, 3.63) is 71.2 Å². The quantitative estimate of drug-likeness (QED) is 0.688. The highest BCUT2D eigenvalue weighted by Crippen LogP contribution is 2.32. The van der Waals surface area contributed by atoms with Gasteiger partial charge in [-0.25, -0.2) is 0 Å². The molecule has 3 aromatic carbocycles. The van der Waals surface area contributed by atoms with Gasteiger partial charge in [-0.05, 0) is 40.5 Å². The van der Waals surface area contributed by atoms with Crippen molar-refractivity contribution < 1.29 is 0 Å². The molecule has 0 aliphatic carbocycles. The SMILES string of the molecule is CC(N)c1ccc(-c2cccc3ccccc23)cc1Cl. The summed E-state index contributed by atoms with van der Waals surface area (Å²) in [5.41, 5.74) is 9.21. The molecule has 20 heavy (non-hydrogen) atoms. The highest BCUT2D eigenvalue weighted by Gasteiger charge is 2.08. The molecule has 0 amide bonds. The van der Waals surface area contributed by atoms with Crippen molar-refractivity contribution in [3.8, 4) is 11.1 Å². The summed E-state index contributed by atoms with van der Waals surface area (Å²) in [6, 6.07) is 20.8. The molecule has 0 aromatic heterocycles. The van der Waals surface area contributed by atoms with Gasteiger partial charge in [0.15, 0.2) is 0 Å². The van der Waals surface area contributed by atoms with E-state index in [1.807, 2.05) is 19.1 Å². The first-order valence-electron chi connectivity index (χ1n) is 6.70. The third-order valence-corrected chi connectivity index (χ3v) is 3.92. The Morgan fingerprint density at radius 2 is 1.70 bits per heavy atom. The first-order valence-corrected chi connectivity index (χ1v) is 7.08. The molecule has 0 fully saturated rings. The van der Waals surface area contributed by atoms with E-state index >= 15 is 0 Å². The zero-order valence-electron chi connectivity index (χ0n) is 11.3. The number of nitrogens with two attached hydrogens (primary N) is 1. The maximum Gasteiger partial charge on any atom is 0.0459 e. The Balaban J connectivity index is 2.19. The highest BCUT2D eigenvalue weighted by molar-refractivity contribution is 6.31. The van der Waals surface area contributed by atoms with E-state index in [9.17, 15) is 0 Å². The van der Waals surface area contributed by atoms with E-state index in [0.717, 1.165) is 16.1 Å². The van der Waals surface area contributed by atoms with Crippen molar-refractivity contribution in [1.82, 2.24) is 0 Å². The summed E-state index contributed by atoms with van der Waals surface area (Å²) < 4.78 is 0. The fraction of sp³-hybridized carbons (Fsp3) is 0.111. The fourth-order valence-electron chi connectivity index (χ4n) is 2.54. The van der Waals surface area contributed by atoms with E-state index < -0.39 is 0 Å². The van der Waals surface area contributed by atoms with Gasteiger partial charge in [0, 0.05) is 11.1 Å². The molecule has 0 saturated heterocycles. The van der Waals surface area contributed by atoms with Gasteiger partial charge < -0.3 is 5.73 Å². The van der Waals surface area contributed by atoms with Crippen LogP contribution in [0.3, 0.4) is 0 Å². The summed E-state index contributed by atoms with van der Waals surface area (Å²) in [6.45, 7) is 1.94. The van der Waals surface area contributed by atoms with Gasteiger partial charge >= 0.3 is 0 Å². The maximum atomic E-state index is 6.35. The van der Waals surface area contributed by atoms with Crippen molar-refractivity contribution in [1.29, 1.82) is 0 Å². The van der Waals surface area contributed by atoms with Gasteiger partial charge in [-0.1, -0.05) is 66.2 Å². The lowest BCUT2D eigenvalue weighted by Gasteiger charge is -2.12. The molecule has 1 atom stereocenters. The minimum absolute atomic E-state index is 0.0518. The number of halogens is 1. The van der Waals surface area contributed by atoms with Gasteiger partial charge in [0.05, 0.1) is 0 Å². The van der Waals surface area contributed by atoms with Crippen LogP contribution in [0.15, 0.2) is 60.7 Å². The van der Waals surface area contributed by atoms with Gasteiger partial charge in [0.1, 0.15) is 0 Å². The normalized spacial score (nSPS) is 12.6. The van der Waals surface area contributed by atoms with Crippen LogP contribution >= 0.6 is 11.6 Å². The Morgan fingerprint density at radius 3 is 2.45 bits per heavy atom. The minimum atomic E-state index is -0.0518. The Morgan fingerprint density at radius 1 is 0.950 bits per heavy atom. The van der Waals surface area contributed by atoms with Crippen molar-refractivity contribution in [2.45, 2.75) is 13.0 Å². The van der Waals surface area contributed by atoms with Crippen LogP contribution < -0.4 is 5.73 Å². The Kier molecular flexibility index (Phi) is 3.47. The molecule has 0 bridgehead atoms. The number of benzene rings is 3. The predicted molar refractivity (Wildman–Crippen MR) is 87.0 cm³/mol. The molecule has 2 N–H and O–H groups in total. The second kappa shape index (κ2) is 5.28. The van der Waals surface area contributed by atoms with E-state index in [1.165, 1.54) is 16.3 Å². The number of hydrogen-bond acceptors (Lipinski definition) is 1. The van der Waals surface area contributed by atoms with Gasteiger partial charge in [0.25, 0.3) is 0 Å². The third kappa shape index (κ3) is 2.31. The molecule has 0 spiro atoms. The summed E-state index contributed by atoms with van der Waals surface area (Å²) >= 11 is 6.35. The molecular weight excluding hydrogens is 266 g/mol. The topological polar surface area (TPSA) is 26.0 Å². The molecule has 1 unspecified atom stereocenters. The monoisotopic (exact) mass is 281 g/mol. The van der Waals surface area contributed by atoms with Crippen LogP contribution in [-0.2, 0) is 0 Å². The van der Waals surface area contributed by atoms with E-state index in [0.29, 0.717) is 0 Å². The first-order chi connectivity index (χ1) is 9.66. The molecule has 0 aliphatic rings. The summed E-state index contributed by atoms with van der Waals surface area (Å²) in [6.07, 6.45) is 0. The lowest BCUT2D eigenvalue weighted by Crippen LogP contribution is -2.05. The van der Waals surface area contributed by atoms with Crippen LogP contribution in [0.4, 0.5) is 0 Å². The van der Waals surface area contributed by atoms with E-state index in [1.54, 1.807) is 0 Å². The van der Waals surface area contributed by atoms with Crippen LogP contribution in [0.5, 0.6) is 0 Å². The maximum absolute atomic E-state index is 6.35. The van der Waals surface area contributed by atoms with Gasteiger partial charge in [-0.15, -0.1) is 0 Å². The number of rotatable bonds is 2. The highest BCUT2D eigenvalue weighted by atomic mass is 35.5. The number of fused-ring (bicyclic) bond motifs is 1. The average molecular weight is 282 g/mol. The van der Waals surface area contributed by atoms with Crippen molar-refractivity contribution >= 4 is 22.4 Å². The summed E-state index contributed by atoms with van der Waals surface area (Å²) in [5.74, 6) is 0. The van der Waals surface area contributed by atoms with Crippen LogP contribution in [-0.4, -0.2) is 0 Å². The second-order valence-corrected chi connectivity index (χ2v) is 5.46. The largest absolute Gasteiger partial charge is 0.324 e. The van der Waals surface area contributed by atoms with Crippen LogP contribution in [0.2, 0.25) is 5.02 Å². The Hall–Kier alpha value is -1.83. The molecule has 0 radical (unpaired) electrons. The molecule has 0 aliphatic heterocycles. The van der Waals surface area contributed by atoms with Gasteiger partial charge in [-0.3, -0.25) is 0 Å². The van der Waals surface area contributed by atoms with Gasteiger partial charge in [0.2, 0.25) is 0 Å². The molecular formula is C18H16ClN. The number of hydrogen-bond donors (Lipinski definition) is 1. The van der Waals surface area contributed by atoms with Gasteiger partial charge in [-0.2, -0.15) is 0 Å². The molecule has 3 aromatic rings. The van der Waals surface area contributed by atoms with E-state index in [2.05, 4.69) is 48.5 Å².